The first kappa shape index (κ1) is 16.8. The summed E-state index contributed by atoms with van der Waals surface area (Å²) in [6.07, 6.45) is 3.65. The van der Waals surface area contributed by atoms with Gasteiger partial charge in [-0.3, -0.25) is 5.10 Å². The number of amides is 1. The molecule has 128 valence electrons. The van der Waals surface area contributed by atoms with Gasteiger partial charge in [-0.1, -0.05) is 17.7 Å². The average molecular weight is 352 g/mol. The third-order valence-electron chi connectivity index (χ3n) is 3.77. The van der Waals surface area contributed by atoms with Crippen molar-refractivity contribution in [1.82, 2.24) is 15.1 Å². The summed E-state index contributed by atoms with van der Waals surface area (Å²) in [5.74, 6) is -0.413. The molecule has 1 aromatic carbocycles. The molecule has 0 fully saturated rings. The minimum absolute atomic E-state index is 0.271. The molecule has 7 heteroatoms. The highest BCUT2D eigenvalue weighted by Crippen LogP contribution is 2.32. The van der Waals surface area contributed by atoms with Crippen LogP contribution in [-0.4, -0.2) is 39.9 Å². The number of hydrogen-bond donors (Lipinski definition) is 1. The quantitative estimate of drug-likeness (QED) is 0.829. The Morgan fingerprint density at radius 1 is 1.46 bits per heavy atom. The molecule has 5 nitrogen and oxygen atoms in total. The molecule has 0 aliphatic carbocycles. The third kappa shape index (κ3) is 3.24. The van der Waals surface area contributed by atoms with E-state index in [0.29, 0.717) is 34.5 Å². The molecule has 1 amide bonds. The van der Waals surface area contributed by atoms with Gasteiger partial charge in [-0.25, -0.2) is 9.18 Å². The molecule has 2 heterocycles. The Kier molecular flexibility index (Phi) is 4.25. The molecule has 1 aromatic heterocycles. The number of hydrogen-bond acceptors (Lipinski definition) is 3. The summed E-state index contributed by atoms with van der Waals surface area (Å²) < 4.78 is 20.2. The zero-order chi connectivity index (χ0) is 17.5. The first-order valence-corrected chi connectivity index (χ1v) is 8.12. The highest BCUT2D eigenvalue weighted by molar-refractivity contribution is 6.35. The topological polar surface area (TPSA) is 58.2 Å². The number of H-pyrrole nitrogens is 1. The molecular weight excluding hydrogens is 333 g/mol. The fourth-order valence-electron chi connectivity index (χ4n) is 2.69. The monoisotopic (exact) mass is 351 g/mol. The minimum atomic E-state index is -0.568. The summed E-state index contributed by atoms with van der Waals surface area (Å²) in [5.41, 5.74) is 0.794. The fourth-order valence-corrected chi connectivity index (χ4v) is 2.94. The van der Waals surface area contributed by atoms with Gasteiger partial charge in [0.15, 0.2) is 5.82 Å². The summed E-state index contributed by atoms with van der Waals surface area (Å²) >= 11 is 6.22. The van der Waals surface area contributed by atoms with Crippen molar-refractivity contribution in [2.24, 2.45) is 0 Å². The van der Waals surface area contributed by atoms with E-state index in [1.165, 1.54) is 6.20 Å². The number of carbonyl (C=O) groups is 1. The molecule has 0 spiro atoms. The molecule has 1 aliphatic rings. The number of benzene rings is 1. The number of halogens is 2. The molecule has 0 bridgehead atoms. The van der Waals surface area contributed by atoms with Gasteiger partial charge in [-0.05, 0) is 38.8 Å². The van der Waals surface area contributed by atoms with Gasteiger partial charge in [0.2, 0.25) is 0 Å². The van der Waals surface area contributed by atoms with Gasteiger partial charge < -0.3 is 9.64 Å². The van der Waals surface area contributed by atoms with Crippen molar-refractivity contribution in [3.05, 3.63) is 34.7 Å². The largest absolute Gasteiger partial charge is 0.444 e. The lowest BCUT2D eigenvalue weighted by atomic mass is 9.99. The number of aromatic amines is 1. The van der Waals surface area contributed by atoms with Gasteiger partial charge >= 0.3 is 6.09 Å². The average Bonchev–Trinajstić information content (AvgIpc) is 3.00. The Hall–Kier alpha value is -2.08. The van der Waals surface area contributed by atoms with Crippen LogP contribution in [0.3, 0.4) is 0 Å². The number of carbonyl (C=O) groups excluding carboxylic acids is 1. The number of ether oxygens (including phenoxy) is 1. The van der Waals surface area contributed by atoms with Gasteiger partial charge in [-0.15, -0.1) is 0 Å². The Bertz CT molecular complexity index is 823. The molecule has 24 heavy (non-hydrogen) atoms. The second-order valence-electron chi connectivity index (χ2n) is 6.80. The van der Waals surface area contributed by atoms with E-state index in [4.69, 9.17) is 16.3 Å². The van der Waals surface area contributed by atoms with Crippen LogP contribution in [0.25, 0.3) is 16.5 Å². The van der Waals surface area contributed by atoms with Crippen LogP contribution in [0.1, 0.15) is 32.8 Å². The van der Waals surface area contributed by atoms with E-state index in [0.717, 1.165) is 0 Å². The van der Waals surface area contributed by atoms with Crippen molar-refractivity contribution in [2.75, 3.05) is 13.1 Å². The highest BCUT2D eigenvalue weighted by atomic mass is 35.5. The van der Waals surface area contributed by atoms with Crippen molar-refractivity contribution in [3.8, 4) is 0 Å². The number of aromatic nitrogens is 2. The van der Waals surface area contributed by atoms with Gasteiger partial charge in [0.25, 0.3) is 0 Å². The lowest BCUT2D eigenvalue weighted by Gasteiger charge is -2.30. The van der Waals surface area contributed by atoms with Crippen LogP contribution in [0.5, 0.6) is 0 Å². The zero-order valence-corrected chi connectivity index (χ0v) is 14.6. The molecule has 0 atom stereocenters. The predicted molar refractivity (Wildman–Crippen MR) is 91.5 cm³/mol. The van der Waals surface area contributed by atoms with E-state index in [-0.39, 0.29) is 12.1 Å². The molecule has 0 saturated carbocycles. The third-order valence-corrected chi connectivity index (χ3v) is 4.08. The van der Waals surface area contributed by atoms with Gasteiger partial charge in [0.1, 0.15) is 11.1 Å². The predicted octanol–water partition coefficient (Wildman–Crippen LogP) is 4.38. The highest BCUT2D eigenvalue weighted by Gasteiger charge is 2.26. The summed E-state index contributed by atoms with van der Waals surface area (Å²) in [4.78, 5) is 13.8. The van der Waals surface area contributed by atoms with Crippen molar-refractivity contribution in [1.29, 1.82) is 0 Å². The minimum Gasteiger partial charge on any atom is -0.444 e. The van der Waals surface area contributed by atoms with E-state index in [1.807, 2.05) is 26.8 Å². The molecular formula is C17H19ClFN3O2. The number of rotatable bonds is 1. The maximum atomic E-state index is 14.8. The second-order valence-corrected chi connectivity index (χ2v) is 7.21. The Morgan fingerprint density at radius 2 is 2.21 bits per heavy atom. The SMILES string of the molecule is CC(C)(C)OC(=O)N1CCC=C(c2cc(Cl)c3cn[nH]c3c2F)C1. The van der Waals surface area contributed by atoms with Crippen LogP contribution >= 0.6 is 11.6 Å². The summed E-state index contributed by atoms with van der Waals surface area (Å²) in [6, 6.07) is 1.58. The van der Waals surface area contributed by atoms with E-state index in [1.54, 1.807) is 11.0 Å². The fraction of sp³-hybridized carbons (Fsp3) is 0.412. The van der Waals surface area contributed by atoms with Gasteiger partial charge in [-0.2, -0.15) is 5.10 Å². The van der Waals surface area contributed by atoms with Crippen LogP contribution in [0.4, 0.5) is 9.18 Å². The lowest BCUT2D eigenvalue weighted by Crippen LogP contribution is -2.39. The molecule has 3 rings (SSSR count). The van der Waals surface area contributed by atoms with E-state index < -0.39 is 17.5 Å². The second kappa shape index (κ2) is 6.09. The normalized spacial score (nSPS) is 15.5. The standard InChI is InChI=1S/C17H19ClFN3O2/c1-17(2,3)24-16(23)22-6-4-5-10(9-22)11-7-13(18)12-8-20-21-15(12)14(11)19/h5,7-8H,4,6,9H2,1-3H3,(H,20,21). The first-order chi connectivity index (χ1) is 11.3. The van der Waals surface area contributed by atoms with Crippen molar-refractivity contribution < 1.29 is 13.9 Å². The van der Waals surface area contributed by atoms with Crippen molar-refractivity contribution in [2.45, 2.75) is 32.8 Å². The number of nitrogens with zero attached hydrogens (tertiary/aromatic N) is 2. The molecule has 0 unspecified atom stereocenters. The van der Waals surface area contributed by atoms with Crippen LogP contribution < -0.4 is 0 Å². The summed E-state index contributed by atoms with van der Waals surface area (Å²) in [6.45, 7) is 6.27. The van der Waals surface area contributed by atoms with E-state index in [9.17, 15) is 9.18 Å². The van der Waals surface area contributed by atoms with Crippen LogP contribution in [0.15, 0.2) is 18.3 Å². The molecule has 1 N–H and O–H groups in total. The summed E-state index contributed by atoms with van der Waals surface area (Å²) in [7, 11) is 0. The lowest BCUT2D eigenvalue weighted by molar-refractivity contribution is 0.0273. The molecule has 0 saturated heterocycles. The smallest absolute Gasteiger partial charge is 0.410 e. The van der Waals surface area contributed by atoms with E-state index >= 15 is 0 Å². The maximum absolute atomic E-state index is 14.8. The van der Waals surface area contributed by atoms with Gasteiger partial charge in [0.05, 0.1) is 11.2 Å². The number of nitrogens with one attached hydrogen (secondary N) is 1. The van der Waals surface area contributed by atoms with Crippen molar-refractivity contribution >= 4 is 34.2 Å². The molecule has 2 aromatic rings. The maximum Gasteiger partial charge on any atom is 0.410 e. The van der Waals surface area contributed by atoms with Crippen LogP contribution in [0.2, 0.25) is 5.02 Å². The van der Waals surface area contributed by atoms with Crippen LogP contribution in [0, 0.1) is 5.82 Å². The Balaban J connectivity index is 1.89. The number of fused-ring (bicyclic) bond motifs is 1. The zero-order valence-electron chi connectivity index (χ0n) is 13.8. The first-order valence-electron chi connectivity index (χ1n) is 7.74. The van der Waals surface area contributed by atoms with Gasteiger partial charge in [0, 0.05) is 24.0 Å². The van der Waals surface area contributed by atoms with E-state index in [2.05, 4.69) is 10.2 Å². The summed E-state index contributed by atoms with van der Waals surface area (Å²) in [5, 5.41) is 7.43. The Labute approximate surface area is 144 Å². The molecule has 1 aliphatic heterocycles. The van der Waals surface area contributed by atoms with Crippen molar-refractivity contribution in [3.63, 3.8) is 0 Å². The van der Waals surface area contributed by atoms with Crippen LogP contribution in [-0.2, 0) is 4.74 Å². The Morgan fingerprint density at radius 3 is 2.92 bits per heavy atom. The molecule has 0 radical (unpaired) electrons.